The van der Waals surface area contributed by atoms with Gasteiger partial charge in [0.2, 0.25) is 10.0 Å². The SMILES string of the molecule is CN=C(NCCc1ccc(S(N)(=O)=O)cc1)N1CCOC(c2ccccc2C)C1. The van der Waals surface area contributed by atoms with Gasteiger partial charge in [-0.25, -0.2) is 13.6 Å². The number of morpholine rings is 1. The molecule has 3 N–H and O–H groups in total. The van der Waals surface area contributed by atoms with Crippen LogP contribution in [0.25, 0.3) is 0 Å². The summed E-state index contributed by atoms with van der Waals surface area (Å²) in [5, 5.41) is 8.53. The fourth-order valence-corrected chi connectivity index (χ4v) is 3.99. The Morgan fingerprint density at radius 3 is 2.62 bits per heavy atom. The van der Waals surface area contributed by atoms with Crippen molar-refractivity contribution in [3.8, 4) is 0 Å². The molecule has 0 radical (unpaired) electrons. The van der Waals surface area contributed by atoms with E-state index < -0.39 is 10.0 Å². The maximum Gasteiger partial charge on any atom is 0.238 e. The summed E-state index contributed by atoms with van der Waals surface area (Å²) in [7, 11) is -1.88. The van der Waals surface area contributed by atoms with E-state index in [1.807, 2.05) is 12.1 Å². The van der Waals surface area contributed by atoms with E-state index in [9.17, 15) is 8.42 Å². The molecule has 156 valence electrons. The Morgan fingerprint density at radius 1 is 1.24 bits per heavy atom. The molecule has 1 atom stereocenters. The predicted molar refractivity (Wildman–Crippen MR) is 114 cm³/mol. The molecular formula is C21H28N4O3S. The summed E-state index contributed by atoms with van der Waals surface area (Å²) in [6.07, 6.45) is 0.768. The lowest BCUT2D eigenvalue weighted by atomic mass is 10.0. The molecule has 29 heavy (non-hydrogen) atoms. The summed E-state index contributed by atoms with van der Waals surface area (Å²) in [6.45, 7) is 4.97. The molecule has 1 saturated heterocycles. The van der Waals surface area contributed by atoms with Gasteiger partial charge < -0.3 is 15.0 Å². The maximum absolute atomic E-state index is 11.3. The third-order valence-corrected chi connectivity index (χ3v) is 5.99. The number of benzene rings is 2. The van der Waals surface area contributed by atoms with Crippen LogP contribution in [0.2, 0.25) is 0 Å². The normalized spacial score (nSPS) is 18.0. The zero-order valence-electron chi connectivity index (χ0n) is 16.8. The van der Waals surface area contributed by atoms with Crippen molar-refractivity contribution in [1.82, 2.24) is 10.2 Å². The molecule has 0 amide bonds. The number of hydrogen-bond acceptors (Lipinski definition) is 4. The molecule has 8 heteroatoms. The van der Waals surface area contributed by atoms with Crippen molar-refractivity contribution in [2.45, 2.75) is 24.3 Å². The molecule has 7 nitrogen and oxygen atoms in total. The van der Waals surface area contributed by atoms with E-state index in [2.05, 4.69) is 34.3 Å². The highest BCUT2D eigenvalue weighted by molar-refractivity contribution is 7.89. The van der Waals surface area contributed by atoms with Crippen molar-refractivity contribution < 1.29 is 13.2 Å². The Labute approximate surface area is 172 Å². The van der Waals surface area contributed by atoms with Gasteiger partial charge in [0, 0.05) is 20.1 Å². The first kappa shape index (κ1) is 21.3. The van der Waals surface area contributed by atoms with E-state index in [1.165, 1.54) is 23.3 Å². The second kappa shape index (κ2) is 9.39. The van der Waals surface area contributed by atoms with E-state index in [4.69, 9.17) is 9.88 Å². The topological polar surface area (TPSA) is 97.0 Å². The number of guanidine groups is 1. The number of nitrogens with zero attached hydrogens (tertiary/aromatic N) is 2. The lowest BCUT2D eigenvalue weighted by molar-refractivity contribution is -0.00829. The zero-order valence-corrected chi connectivity index (χ0v) is 17.7. The summed E-state index contributed by atoms with van der Waals surface area (Å²) in [5.74, 6) is 0.841. The van der Waals surface area contributed by atoms with E-state index >= 15 is 0 Å². The van der Waals surface area contributed by atoms with Gasteiger partial charge in [-0.15, -0.1) is 0 Å². The minimum absolute atomic E-state index is 0.0225. The summed E-state index contributed by atoms with van der Waals surface area (Å²) in [6, 6.07) is 14.9. The summed E-state index contributed by atoms with van der Waals surface area (Å²) < 4.78 is 28.7. The molecule has 0 saturated carbocycles. The van der Waals surface area contributed by atoms with E-state index in [1.54, 1.807) is 19.2 Å². The number of primary sulfonamides is 1. The van der Waals surface area contributed by atoms with Gasteiger partial charge in [0.15, 0.2) is 5.96 Å². The molecule has 1 unspecified atom stereocenters. The Morgan fingerprint density at radius 2 is 1.97 bits per heavy atom. The van der Waals surface area contributed by atoms with Crippen LogP contribution >= 0.6 is 0 Å². The lowest BCUT2D eigenvalue weighted by Crippen LogP contribution is -2.48. The Bertz CT molecular complexity index is 958. The van der Waals surface area contributed by atoms with Crippen LogP contribution in [-0.4, -0.2) is 52.6 Å². The molecule has 0 aromatic heterocycles. The number of nitrogens with two attached hydrogens (primary N) is 1. The third kappa shape index (κ3) is 5.56. The second-order valence-corrected chi connectivity index (χ2v) is 8.64. The van der Waals surface area contributed by atoms with Gasteiger partial charge in [-0.05, 0) is 42.2 Å². The fourth-order valence-electron chi connectivity index (χ4n) is 3.47. The van der Waals surface area contributed by atoms with Crippen molar-refractivity contribution in [3.05, 3.63) is 65.2 Å². The molecule has 2 aromatic carbocycles. The Hall–Kier alpha value is -2.42. The van der Waals surface area contributed by atoms with Crippen LogP contribution in [0.1, 0.15) is 22.8 Å². The van der Waals surface area contributed by atoms with Gasteiger partial charge in [0.1, 0.15) is 6.10 Å². The van der Waals surface area contributed by atoms with Crippen molar-refractivity contribution in [1.29, 1.82) is 0 Å². The fraction of sp³-hybridized carbons (Fsp3) is 0.381. The number of sulfonamides is 1. The maximum atomic E-state index is 11.3. The van der Waals surface area contributed by atoms with Gasteiger partial charge in [-0.2, -0.15) is 0 Å². The molecule has 1 aliphatic heterocycles. The zero-order chi connectivity index (χ0) is 20.9. The second-order valence-electron chi connectivity index (χ2n) is 7.07. The number of aryl methyl sites for hydroxylation is 1. The van der Waals surface area contributed by atoms with Crippen LogP contribution in [0.3, 0.4) is 0 Å². The van der Waals surface area contributed by atoms with Crippen molar-refractivity contribution >= 4 is 16.0 Å². The first-order valence-corrected chi connectivity index (χ1v) is 11.2. The highest BCUT2D eigenvalue weighted by atomic mass is 32.2. The third-order valence-electron chi connectivity index (χ3n) is 5.06. The lowest BCUT2D eigenvalue weighted by Gasteiger charge is -2.35. The molecule has 1 fully saturated rings. The van der Waals surface area contributed by atoms with Crippen molar-refractivity contribution in [2.75, 3.05) is 33.3 Å². The highest BCUT2D eigenvalue weighted by Crippen LogP contribution is 2.24. The van der Waals surface area contributed by atoms with Gasteiger partial charge >= 0.3 is 0 Å². The molecule has 1 heterocycles. The largest absolute Gasteiger partial charge is 0.370 e. The van der Waals surface area contributed by atoms with Gasteiger partial charge in [0.05, 0.1) is 18.0 Å². The van der Waals surface area contributed by atoms with Crippen molar-refractivity contribution in [2.24, 2.45) is 10.1 Å². The standard InChI is InChI=1S/C21H28N4O3S/c1-16-5-3-4-6-19(16)20-15-25(13-14-28-20)21(23-2)24-12-11-17-7-9-18(10-8-17)29(22,26)27/h3-10,20H,11-15H2,1-2H3,(H,23,24)(H2,22,26,27). The van der Waals surface area contributed by atoms with E-state index in [0.717, 1.165) is 31.0 Å². The summed E-state index contributed by atoms with van der Waals surface area (Å²) >= 11 is 0. The van der Waals surface area contributed by atoms with Crippen molar-refractivity contribution in [3.63, 3.8) is 0 Å². The number of nitrogens with one attached hydrogen (secondary N) is 1. The molecule has 0 spiro atoms. The molecule has 0 aliphatic carbocycles. The van der Waals surface area contributed by atoms with Gasteiger partial charge in [-0.3, -0.25) is 4.99 Å². The van der Waals surface area contributed by atoms with Crippen LogP contribution in [0, 0.1) is 6.92 Å². The van der Waals surface area contributed by atoms with Crippen LogP contribution in [0.15, 0.2) is 58.4 Å². The summed E-state index contributed by atoms with van der Waals surface area (Å²) in [5.41, 5.74) is 3.47. The van der Waals surface area contributed by atoms with Gasteiger partial charge in [-0.1, -0.05) is 36.4 Å². The van der Waals surface area contributed by atoms with Crippen LogP contribution in [0.4, 0.5) is 0 Å². The van der Waals surface area contributed by atoms with Crippen LogP contribution in [0.5, 0.6) is 0 Å². The summed E-state index contributed by atoms with van der Waals surface area (Å²) in [4.78, 5) is 6.76. The highest BCUT2D eigenvalue weighted by Gasteiger charge is 2.25. The molecule has 3 rings (SSSR count). The van der Waals surface area contributed by atoms with E-state index in [-0.39, 0.29) is 11.0 Å². The first-order valence-electron chi connectivity index (χ1n) is 9.63. The predicted octanol–water partition coefficient (Wildman–Crippen LogP) is 1.83. The Kier molecular flexibility index (Phi) is 6.89. The van der Waals surface area contributed by atoms with Gasteiger partial charge in [0.25, 0.3) is 0 Å². The van der Waals surface area contributed by atoms with Crippen LogP contribution in [-0.2, 0) is 21.2 Å². The van der Waals surface area contributed by atoms with E-state index in [0.29, 0.717) is 13.2 Å². The minimum Gasteiger partial charge on any atom is -0.370 e. The first-order chi connectivity index (χ1) is 13.9. The number of ether oxygens (including phenoxy) is 1. The quantitative estimate of drug-likeness (QED) is 0.573. The monoisotopic (exact) mass is 416 g/mol. The molecule has 2 aromatic rings. The number of rotatable bonds is 5. The smallest absolute Gasteiger partial charge is 0.238 e. The minimum atomic E-state index is -3.66. The number of aliphatic imine (C=N–C) groups is 1. The number of hydrogen-bond donors (Lipinski definition) is 2. The Balaban J connectivity index is 1.57. The molecular weight excluding hydrogens is 388 g/mol. The average molecular weight is 417 g/mol. The average Bonchev–Trinajstić information content (AvgIpc) is 2.71. The van der Waals surface area contributed by atoms with Crippen LogP contribution < -0.4 is 10.5 Å². The molecule has 1 aliphatic rings. The molecule has 0 bridgehead atoms.